The Morgan fingerprint density at radius 1 is 1.43 bits per heavy atom. The zero-order chi connectivity index (χ0) is 15.4. The molecule has 0 aliphatic carbocycles. The molecule has 21 heavy (non-hydrogen) atoms. The number of aromatic amines is 1. The molecule has 6 nitrogen and oxygen atoms in total. The lowest BCUT2D eigenvalue weighted by Gasteiger charge is -2.08. The SMILES string of the molecule is CC(C)COCCCn1c(=O)[nH]c2cccc(C(=O)O)c21. The van der Waals surface area contributed by atoms with Crippen LogP contribution in [0.25, 0.3) is 11.0 Å². The van der Waals surface area contributed by atoms with E-state index >= 15 is 0 Å². The van der Waals surface area contributed by atoms with Gasteiger partial charge >= 0.3 is 11.7 Å². The Morgan fingerprint density at radius 2 is 2.19 bits per heavy atom. The van der Waals surface area contributed by atoms with Crippen LogP contribution in [0.2, 0.25) is 0 Å². The third-order valence-corrected chi connectivity index (χ3v) is 3.14. The van der Waals surface area contributed by atoms with Crippen molar-refractivity contribution in [1.82, 2.24) is 9.55 Å². The van der Waals surface area contributed by atoms with E-state index < -0.39 is 5.97 Å². The molecular weight excluding hydrogens is 272 g/mol. The normalized spacial score (nSPS) is 11.4. The molecule has 0 aliphatic heterocycles. The number of carboxylic acids is 1. The molecule has 0 spiro atoms. The number of H-pyrrole nitrogens is 1. The summed E-state index contributed by atoms with van der Waals surface area (Å²) in [7, 11) is 0. The van der Waals surface area contributed by atoms with Gasteiger partial charge in [0.2, 0.25) is 0 Å². The Bertz CT molecular complexity index is 685. The number of fused-ring (bicyclic) bond motifs is 1. The number of aromatic carboxylic acids is 1. The molecular formula is C15H20N2O4. The Balaban J connectivity index is 2.17. The molecule has 0 unspecified atom stereocenters. The van der Waals surface area contributed by atoms with Gasteiger partial charge in [0.15, 0.2) is 0 Å². The van der Waals surface area contributed by atoms with Crippen LogP contribution in [0, 0.1) is 5.92 Å². The number of carbonyl (C=O) groups is 1. The van der Waals surface area contributed by atoms with Gasteiger partial charge in [-0.1, -0.05) is 19.9 Å². The van der Waals surface area contributed by atoms with E-state index in [1.807, 2.05) is 0 Å². The molecule has 0 aliphatic rings. The Kier molecular flexibility index (Phi) is 4.80. The fourth-order valence-corrected chi connectivity index (χ4v) is 2.25. The van der Waals surface area contributed by atoms with Crippen LogP contribution in [0.1, 0.15) is 30.6 Å². The zero-order valence-corrected chi connectivity index (χ0v) is 12.3. The number of rotatable bonds is 7. The standard InChI is InChI=1S/C15H20N2O4/c1-10(2)9-21-8-4-7-17-13-11(14(18)19)5-3-6-12(13)16-15(17)20/h3,5-6,10H,4,7-9H2,1-2H3,(H,16,20)(H,18,19). The smallest absolute Gasteiger partial charge is 0.337 e. The average Bonchev–Trinajstić information content (AvgIpc) is 2.73. The highest BCUT2D eigenvalue weighted by Crippen LogP contribution is 2.16. The summed E-state index contributed by atoms with van der Waals surface area (Å²) in [5.74, 6) is -0.566. The van der Waals surface area contributed by atoms with Gasteiger partial charge in [-0.3, -0.25) is 4.57 Å². The minimum absolute atomic E-state index is 0.133. The molecule has 0 fully saturated rings. The summed E-state index contributed by atoms with van der Waals surface area (Å²) < 4.78 is 6.95. The van der Waals surface area contributed by atoms with Crippen molar-refractivity contribution in [2.24, 2.45) is 5.92 Å². The van der Waals surface area contributed by atoms with E-state index in [0.29, 0.717) is 43.1 Å². The summed E-state index contributed by atoms with van der Waals surface area (Å²) in [5, 5.41) is 9.23. The fraction of sp³-hybridized carbons (Fsp3) is 0.467. The number of para-hydroxylation sites is 1. The maximum absolute atomic E-state index is 12.0. The van der Waals surface area contributed by atoms with Crippen molar-refractivity contribution in [3.8, 4) is 0 Å². The van der Waals surface area contributed by atoms with Crippen LogP contribution in [-0.4, -0.2) is 33.8 Å². The van der Waals surface area contributed by atoms with Crippen molar-refractivity contribution in [1.29, 1.82) is 0 Å². The predicted octanol–water partition coefficient (Wildman–Crippen LogP) is 2.09. The first-order chi connectivity index (χ1) is 10.0. The van der Waals surface area contributed by atoms with Crippen LogP contribution in [0.15, 0.2) is 23.0 Å². The molecule has 0 atom stereocenters. The van der Waals surface area contributed by atoms with E-state index in [9.17, 15) is 14.7 Å². The van der Waals surface area contributed by atoms with Crippen LogP contribution >= 0.6 is 0 Å². The molecule has 2 rings (SSSR count). The van der Waals surface area contributed by atoms with Crippen molar-refractivity contribution in [2.45, 2.75) is 26.8 Å². The second-order valence-corrected chi connectivity index (χ2v) is 5.41. The monoisotopic (exact) mass is 292 g/mol. The lowest BCUT2D eigenvalue weighted by Crippen LogP contribution is -2.19. The van der Waals surface area contributed by atoms with Crippen molar-refractivity contribution in [2.75, 3.05) is 13.2 Å². The number of aromatic nitrogens is 2. The minimum Gasteiger partial charge on any atom is -0.478 e. The lowest BCUT2D eigenvalue weighted by atomic mass is 10.2. The van der Waals surface area contributed by atoms with Gasteiger partial charge in [0.05, 0.1) is 16.6 Å². The number of hydrogen-bond acceptors (Lipinski definition) is 3. The summed E-state index contributed by atoms with van der Waals surface area (Å²) in [4.78, 5) is 25.9. The van der Waals surface area contributed by atoms with Crippen molar-refractivity contribution in [3.05, 3.63) is 34.2 Å². The number of nitrogens with one attached hydrogen (secondary N) is 1. The number of nitrogens with zero attached hydrogens (tertiary/aromatic N) is 1. The quantitative estimate of drug-likeness (QED) is 0.765. The Labute approximate surface area is 122 Å². The van der Waals surface area contributed by atoms with Gasteiger partial charge in [0.1, 0.15) is 0 Å². The second-order valence-electron chi connectivity index (χ2n) is 5.41. The molecule has 2 N–H and O–H groups in total. The van der Waals surface area contributed by atoms with Crippen LogP contribution < -0.4 is 5.69 Å². The maximum Gasteiger partial charge on any atom is 0.337 e. The highest BCUT2D eigenvalue weighted by molar-refractivity contribution is 6.01. The van der Waals surface area contributed by atoms with E-state index in [1.165, 1.54) is 10.6 Å². The lowest BCUT2D eigenvalue weighted by molar-refractivity contribution is 0.0698. The molecule has 0 radical (unpaired) electrons. The summed E-state index contributed by atoms with van der Waals surface area (Å²) in [6.45, 7) is 5.81. The number of hydrogen-bond donors (Lipinski definition) is 2. The Morgan fingerprint density at radius 3 is 2.86 bits per heavy atom. The Hall–Kier alpha value is -2.08. The van der Waals surface area contributed by atoms with Crippen LogP contribution in [0.4, 0.5) is 0 Å². The van der Waals surface area contributed by atoms with E-state index in [-0.39, 0.29) is 11.3 Å². The highest BCUT2D eigenvalue weighted by atomic mass is 16.5. The molecule has 1 aromatic heterocycles. The highest BCUT2D eigenvalue weighted by Gasteiger charge is 2.15. The van der Waals surface area contributed by atoms with Gasteiger partial charge in [-0.25, -0.2) is 9.59 Å². The largest absolute Gasteiger partial charge is 0.478 e. The third kappa shape index (κ3) is 3.52. The molecule has 0 saturated carbocycles. The first-order valence-electron chi connectivity index (χ1n) is 7.03. The van der Waals surface area contributed by atoms with Gasteiger partial charge < -0.3 is 14.8 Å². The number of benzene rings is 1. The third-order valence-electron chi connectivity index (χ3n) is 3.14. The van der Waals surface area contributed by atoms with Gasteiger partial charge in [-0.2, -0.15) is 0 Å². The van der Waals surface area contributed by atoms with Crippen LogP contribution in [-0.2, 0) is 11.3 Å². The predicted molar refractivity (Wildman–Crippen MR) is 79.8 cm³/mol. The van der Waals surface area contributed by atoms with E-state index in [1.54, 1.807) is 12.1 Å². The van der Waals surface area contributed by atoms with Gasteiger partial charge in [0.25, 0.3) is 0 Å². The van der Waals surface area contributed by atoms with E-state index in [0.717, 1.165) is 0 Å². The molecule has 0 bridgehead atoms. The van der Waals surface area contributed by atoms with Crippen molar-refractivity contribution in [3.63, 3.8) is 0 Å². The topological polar surface area (TPSA) is 84.3 Å². The molecule has 1 aromatic carbocycles. The van der Waals surface area contributed by atoms with Gasteiger partial charge in [0, 0.05) is 19.8 Å². The fourth-order valence-electron chi connectivity index (χ4n) is 2.25. The first-order valence-corrected chi connectivity index (χ1v) is 7.03. The van der Waals surface area contributed by atoms with Crippen molar-refractivity contribution >= 4 is 17.0 Å². The summed E-state index contributed by atoms with van der Waals surface area (Å²) >= 11 is 0. The molecule has 114 valence electrons. The van der Waals surface area contributed by atoms with E-state index in [4.69, 9.17) is 4.74 Å². The molecule has 2 aromatic rings. The van der Waals surface area contributed by atoms with Crippen LogP contribution in [0.3, 0.4) is 0 Å². The number of aryl methyl sites for hydroxylation is 1. The van der Waals surface area contributed by atoms with Gasteiger partial charge in [-0.15, -0.1) is 0 Å². The van der Waals surface area contributed by atoms with Crippen LogP contribution in [0.5, 0.6) is 0 Å². The molecule has 0 amide bonds. The van der Waals surface area contributed by atoms with Crippen molar-refractivity contribution < 1.29 is 14.6 Å². The summed E-state index contributed by atoms with van der Waals surface area (Å²) in [6, 6.07) is 4.83. The number of imidazole rings is 1. The maximum atomic E-state index is 12.0. The second kappa shape index (κ2) is 6.58. The first kappa shape index (κ1) is 15.3. The molecule has 6 heteroatoms. The molecule has 0 saturated heterocycles. The summed E-state index contributed by atoms with van der Waals surface area (Å²) in [6.07, 6.45) is 0.660. The van der Waals surface area contributed by atoms with E-state index in [2.05, 4.69) is 18.8 Å². The minimum atomic E-state index is -1.04. The number of ether oxygens (including phenoxy) is 1. The summed E-state index contributed by atoms with van der Waals surface area (Å²) in [5.41, 5.74) is 0.832. The zero-order valence-electron chi connectivity index (χ0n) is 12.3. The number of carboxylic acid groups (broad SMARTS) is 1. The molecule has 1 heterocycles. The average molecular weight is 292 g/mol. The van der Waals surface area contributed by atoms with Gasteiger partial charge in [-0.05, 0) is 24.5 Å².